The number of hydrogen-bond acceptors (Lipinski definition) is 4. The number of aliphatic hydroxyl groups is 1. The van der Waals surface area contributed by atoms with Crippen molar-refractivity contribution in [1.82, 2.24) is 9.80 Å². The number of carbonyl (C=O) groups is 3. The Morgan fingerprint density at radius 1 is 1.07 bits per heavy atom. The zero-order valence-electron chi connectivity index (χ0n) is 16.0. The molecule has 7 heteroatoms. The van der Waals surface area contributed by atoms with E-state index in [2.05, 4.69) is 0 Å². The van der Waals surface area contributed by atoms with Crippen LogP contribution in [0.25, 0.3) is 0 Å². The third kappa shape index (κ3) is 2.81. The third-order valence-electron chi connectivity index (χ3n) is 6.15. The first kappa shape index (κ1) is 19.1. The van der Waals surface area contributed by atoms with E-state index in [1.54, 1.807) is 31.2 Å². The van der Waals surface area contributed by atoms with Gasteiger partial charge in [-0.15, -0.1) is 0 Å². The van der Waals surface area contributed by atoms with Gasteiger partial charge in [0.15, 0.2) is 11.8 Å². The molecule has 2 aromatic carbocycles. The van der Waals surface area contributed by atoms with E-state index < -0.39 is 23.7 Å². The number of β-lactam (4-membered cyclic amide) rings is 1. The lowest BCUT2D eigenvalue weighted by atomic mass is 9.71. The minimum atomic E-state index is -1.41. The first-order valence-electron chi connectivity index (χ1n) is 9.54. The lowest BCUT2D eigenvalue weighted by molar-refractivity contribution is -0.189. The van der Waals surface area contributed by atoms with Crippen LogP contribution in [0.3, 0.4) is 0 Å². The molecule has 7 nitrogen and oxygen atoms in total. The number of carboxylic acids is 1. The highest BCUT2D eigenvalue weighted by Gasteiger charge is 2.62. The summed E-state index contributed by atoms with van der Waals surface area (Å²) >= 11 is 0. The molecule has 2 amide bonds. The van der Waals surface area contributed by atoms with Gasteiger partial charge < -0.3 is 20.0 Å². The highest BCUT2D eigenvalue weighted by atomic mass is 16.4. The van der Waals surface area contributed by atoms with Crippen molar-refractivity contribution in [3.63, 3.8) is 0 Å². The van der Waals surface area contributed by atoms with Gasteiger partial charge >= 0.3 is 5.97 Å². The number of nitrogens with zero attached hydrogens (tertiary/aromatic N) is 2. The fourth-order valence-electron chi connectivity index (χ4n) is 4.41. The monoisotopic (exact) mass is 394 g/mol. The number of carbonyl (C=O) groups excluding carboxylic acids is 2. The molecule has 0 saturated carbocycles. The molecule has 0 bridgehead atoms. The second-order valence-electron chi connectivity index (χ2n) is 7.57. The van der Waals surface area contributed by atoms with Crippen molar-refractivity contribution in [2.45, 2.75) is 31.7 Å². The van der Waals surface area contributed by atoms with Crippen LogP contribution in [0.2, 0.25) is 0 Å². The minimum Gasteiger partial charge on any atom is -0.479 e. The van der Waals surface area contributed by atoms with Gasteiger partial charge in [-0.2, -0.15) is 0 Å². The largest absolute Gasteiger partial charge is 0.479 e. The van der Waals surface area contributed by atoms with Gasteiger partial charge in [0, 0.05) is 24.2 Å². The number of aliphatic hydroxyl groups excluding tert-OH is 1. The van der Waals surface area contributed by atoms with E-state index in [1.807, 2.05) is 30.3 Å². The number of aliphatic carboxylic acids is 1. The lowest BCUT2D eigenvalue weighted by Gasteiger charge is -2.54. The number of carboxylic acid groups (broad SMARTS) is 1. The van der Waals surface area contributed by atoms with Crippen LogP contribution in [0.5, 0.6) is 0 Å². The van der Waals surface area contributed by atoms with Gasteiger partial charge in [-0.05, 0) is 18.1 Å². The Kier molecular flexibility index (Phi) is 4.62. The van der Waals surface area contributed by atoms with Crippen molar-refractivity contribution in [3.8, 4) is 0 Å². The lowest BCUT2D eigenvalue weighted by Crippen LogP contribution is -2.73. The highest BCUT2D eigenvalue weighted by Crippen LogP contribution is 2.43. The van der Waals surface area contributed by atoms with Crippen molar-refractivity contribution in [3.05, 3.63) is 71.3 Å². The quantitative estimate of drug-likeness (QED) is 0.731. The second kappa shape index (κ2) is 7.00. The van der Waals surface area contributed by atoms with Crippen molar-refractivity contribution < 1.29 is 24.6 Å². The Labute approximate surface area is 168 Å². The Balaban J connectivity index is 1.57. The normalized spacial score (nSPS) is 25.7. The summed E-state index contributed by atoms with van der Waals surface area (Å²) in [6.45, 7) is 1.83. The van der Waals surface area contributed by atoms with Crippen LogP contribution in [0.15, 0.2) is 54.6 Å². The van der Waals surface area contributed by atoms with Crippen LogP contribution in [0, 0.1) is 5.92 Å². The van der Waals surface area contributed by atoms with E-state index in [9.17, 15) is 24.6 Å². The molecule has 0 aromatic heterocycles. The molecule has 0 aliphatic carbocycles. The molecule has 0 spiro atoms. The van der Waals surface area contributed by atoms with E-state index in [0.717, 1.165) is 5.56 Å². The summed E-state index contributed by atoms with van der Waals surface area (Å²) in [6.07, 6.45) is -1.07. The topological polar surface area (TPSA) is 98.2 Å². The average Bonchev–Trinajstić information content (AvgIpc) is 2.98. The molecule has 2 heterocycles. The number of likely N-dealkylation sites (tertiary alicyclic amines) is 1. The highest BCUT2D eigenvalue weighted by molar-refractivity contribution is 6.01. The van der Waals surface area contributed by atoms with Crippen molar-refractivity contribution >= 4 is 17.8 Å². The number of hydrogen-bond donors (Lipinski definition) is 2. The molecule has 3 atom stereocenters. The Hall–Kier alpha value is -3.19. The van der Waals surface area contributed by atoms with Gasteiger partial charge in [0.05, 0.1) is 5.92 Å². The summed E-state index contributed by atoms with van der Waals surface area (Å²) in [5.74, 6) is -2.37. The third-order valence-corrected chi connectivity index (χ3v) is 6.15. The maximum absolute atomic E-state index is 12.7. The smallest absolute Gasteiger partial charge is 0.330 e. The first-order valence-corrected chi connectivity index (χ1v) is 9.54. The maximum Gasteiger partial charge on any atom is 0.330 e. The van der Waals surface area contributed by atoms with Crippen LogP contribution in [0.4, 0.5) is 0 Å². The molecule has 1 saturated heterocycles. The van der Waals surface area contributed by atoms with E-state index in [0.29, 0.717) is 11.1 Å². The van der Waals surface area contributed by atoms with Gasteiger partial charge in [0.25, 0.3) is 5.91 Å². The van der Waals surface area contributed by atoms with Crippen LogP contribution in [-0.4, -0.2) is 49.9 Å². The Bertz CT molecular complexity index is 976. The van der Waals surface area contributed by atoms with Crippen LogP contribution < -0.4 is 0 Å². The molecular weight excluding hydrogens is 372 g/mol. The fourth-order valence-corrected chi connectivity index (χ4v) is 4.41. The number of amides is 2. The standard InChI is InChI=1S/C22H22N2O5/c1-14-18(25)24(13-15-7-3-2-4-8-15)22(14,21(28)29)11-12-23-19(26)16-9-5-6-10-17(16)20(23)27/h2-10,14,19,26H,11-13H2,1H3,(H,28,29)/t14-,19?,22+/m0/s1. The van der Waals surface area contributed by atoms with Crippen LogP contribution >= 0.6 is 0 Å². The predicted octanol–water partition coefficient (Wildman–Crippen LogP) is 2.03. The van der Waals surface area contributed by atoms with Crippen molar-refractivity contribution in [2.75, 3.05) is 6.54 Å². The van der Waals surface area contributed by atoms with E-state index in [4.69, 9.17) is 0 Å². The van der Waals surface area contributed by atoms with Gasteiger partial charge in [-0.3, -0.25) is 9.59 Å². The Morgan fingerprint density at radius 2 is 1.72 bits per heavy atom. The van der Waals surface area contributed by atoms with E-state index >= 15 is 0 Å². The molecule has 150 valence electrons. The summed E-state index contributed by atoms with van der Waals surface area (Å²) in [4.78, 5) is 40.1. The summed E-state index contributed by atoms with van der Waals surface area (Å²) in [5.41, 5.74) is 0.355. The average molecular weight is 394 g/mol. The van der Waals surface area contributed by atoms with Crippen LogP contribution in [0.1, 0.15) is 41.1 Å². The molecule has 1 unspecified atom stereocenters. The summed E-state index contributed by atoms with van der Waals surface area (Å²) in [7, 11) is 0. The maximum atomic E-state index is 12.7. The molecule has 4 rings (SSSR count). The predicted molar refractivity (Wildman–Crippen MR) is 104 cm³/mol. The molecule has 1 fully saturated rings. The number of benzene rings is 2. The molecule has 2 aromatic rings. The zero-order valence-corrected chi connectivity index (χ0v) is 16.0. The first-order chi connectivity index (χ1) is 13.9. The molecule has 2 aliphatic rings. The number of fused-ring (bicyclic) bond motifs is 1. The van der Waals surface area contributed by atoms with E-state index in [-0.39, 0.29) is 31.3 Å². The van der Waals surface area contributed by atoms with E-state index in [1.165, 1.54) is 9.80 Å². The van der Waals surface area contributed by atoms with Gasteiger partial charge in [-0.1, -0.05) is 55.5 Å². The summed E-state index contributed by atoms with van der Waals surface area (Å²) in [5, 5.41) is 20.6. The van der Waals surface area contributed by atoms with Crippen molar-refractivity contribution in [2.24, 2.45) is 5.92 Å². The van der Waals surface area contributed by atoms with Crippen LogP contribution in [-0.2, 0) is 16.1 Å². The molecule has 0 radical (unpaired) electrons. The fraction of sp³-hybridized carbons (Fsp3) is 0.318. The molecule has 29 heavy (non-hydrogen) atoms. The zero-order chi connectivity index (χ0) is 20.8. The number of rotatable bonds is 6. The molecular formula is C22H22N2O5. The summed E-state index contributed by atoms with van der Waals surface area (Å²) < 4.78 is 0. The van der Waals surface area contributed by atoms with Gasteiger partial charge in [0.1, 0.15) is 0 Å². The van der Waals surface area contributed by atoms with Gasteiger partial charge in [0.2, 0.25) is 5.91 Å². The van der Waals surface area contributed by atoms with Crippen molar-refractivity contribution in [1.29, 1.82) is 0 Å². The van der Waals surface area contributed by atoms with Gasteiger partial charge in [-0.25, -0.2) is 4.79 Å². The minimum absolute atomic E-state index is 0.0316. The summed E-state index contributed by atoms with van der Waals surface area (Å²) in [6, 6.07) is 16.0. The SMILES string of the molecule is C[C@H]1C(=O)N(Cc2ccccc2)[C@@]1(CCN1C(=O)c2ccccc2C1O)C(=O)O. The molecule has 2 N–H and O–H groups in total. The Morgan fingerprint density at radius 3 is 2.38 bits per heavy atom. The molecule has 2 aliphatic heterocycles. The second-order valence-corrected chi connectivity index (χ2v) is 7.57.